The first-order valence-corrected chi connectivity index (χ1v) is 9.16. The lowest BCUT2D eigenvalue weighted by Gasteiger charge is -2.17. The number of hydrazone groups is 1. The van der Waals surface area contributed by atoms with Crippen molar-refractivity contribution in [2.45, 2.75) is 19.8 Å². The van der Waals surface area contributed by atoms with Gasteiger partial charge in [0.05, 0.1) is 25.4 Å². The number of methoxy groups -OCH3 is 2. The van der Waals surface area contributed by atoms with Crippen molar-refractivity contribution >= 4 is 17.8 Å². The second-order valence-electron chi connectivity index (χ2n) is 6.28. The molecule has 30 heavy (non-hydrogen) atoms. The van der Waals surface area contributed by atoms with E-state index in [1.165, 1.54) is 37.6 Å². The standard InChI is InChI=1S/C20H21N3O7/c1-4-5-14-15(17(28-3)19-18(16(14)27-2)29-11-30-19)10-21-22-20(24)12-6-8-13(9-7-12)23(25)26/h6-10H,4-5,11H2,1-3H3,(H,22,24)/b21-10-. The van der Waals surface area contributed by atoms with Crippen molar-refractivity contribution < 1.29 is 28.7 Å². The Morgan fingerprint density at radius 1 is 1.20 bits per heavy atom. The number of rotatable bonds is 8. The molecule has 2 aromatic rings. The Labute approximate surface area is 172 Å². The molecule has 0 aliphatic carbocycles. The summed E-state index contributed by atoms with van der Waals surface area (Å²) >= 11 is 0. The van der Waals surface area contributed by atoms with Crippen molar-refractivity contribution in [2.75, 3.05) is 21.0 Å². The predicted molar refractivity (Wildman–Crippen MR) is 108 cm³/mol. The highest BCUT2D eigenvalue weighted by Gasteiger charge is 2.30. The Balaban J connectivity index is 1.90. The van der Waals surface area contributed by atoms with E-state index < -0.39 is 10.8 Å². The molecule has 0 atom stereocenters. The zero-order chi connectivity index (χ0) is 21.7. The number of fused-ring (bicyclic) bond motifs is 1. The molecule has 1 amide bonds. The van der Waals surface area contributed by atoms with E-state index in [2.05, 4.69) is 10.5 Å². The fraction of sp³-hybridized carbons (Fsp3) is 0.300. The molecule has 1 aliphatic rings. The van der Waals surface area contributed by atoms with Crippen LogP contribution >= 0.6 is 0 Å². The summed E-state index contributed by atoms with van der Waals surface area (Å²) in [4.78, 5) is 22.5. The summed E-state index contributed by atoms with van der Waals surface area (Å²) in [6, 6.07) is 5.22. The number of nitrogens with one attached hydrogen (secondary N) is 1. The second-order valence-corrected chi connectivity index (χ2v) is 6.28. The van der Waals surface area contributed by atoms with Gasteiger partial charge in [-0.1, -0.05) is 13.3 Å². The fourth-order valence-electron chi connectivity index (χ4n) is 3.14. The number of nitro benzene ring substituents is 1. The molecule has 1 heterocycles. The van der Waals surface area contributed by atoms with Gasteiger partial charge >= 0.3 is 0 Å². The lowest BCUT2D eigenvalue weighted by atomic mass is 10.00. The Morgan fingerprint density at radius 3 is 2.40 bits per heavy atom. The molecular formula is C20H21N3O7. The summed E-state index contributed by atoms with van der Waals surface area (Å²) in [6.07, 6.45) is 2.95. The van der Waals surface area contributed by atoms with Gasteiger partial charge in [-0.3, -0.25) is 14.9 Å². The molecule has 0 saturated carbocycles. The van der Waals surface area contributed by atoms with Crippen molar-refractivity contribution in [1.29, 1.82) is 0 Å². The Bertz CT molecular complexity index is 987. The minimum absolute atomic E-state index is 0.0467. The number of hydrogen-bond donors (Lipinski definition) is 1. The Hall–Kier alpha value is -3.82. The monoisotopic (exact) mass is 415 g/mol. The van der Waals surface area contributed by atoms with E-state index in [1.807, 2.05) is 6.92 Å². The van der Waals surface area contributed by atoms with E-state index in [4.69, 9.17) is 18.9 Å². The van der Waals surface area contributed by atoms with Crippen LogP contribution in [0.3, 0.4) is 0 Å². The summed E-state index contributed by atoms with van der Waals surface area (Å²) in [6.45, 7) is 2.07. The van der Waals surface area contributed by atoms with Crippen LogP contribution in [-0.4, -0.2) is 38.1 Å². The number of carbonyl (C=O) groups excluding carboxylic acids is 1. The highest BCUT2D eigenvalue weighted by Crippen LogP contribution is 2.51. The first-order chi connectivity index (χ1) is 14.5. The van der Waals surface area contributed by atoms with Crippen LogP contribution in [0.1, 0.15) is 34.8 Å². The number of nitrogens with zero attached hydrogens (tertiary/aromatic N) is 2. The number of carbonyl (C=O) groups is 1. The van der Waals surface area contributed by atoms with Gasteiger partial charge in [-0.05, 0) is 18.6 Å². The minimum atomic E-state index is -0.533. The lowest BCUT2D eigenvalue weighted by Crippen LogP contribution is -2.17. The maximum Gasteiger partial charge on any atom is 0.271 e. The third kappa shape index (κ3) is 3.97. The SMILES string of the molecule is CCCc1c(/C=N\NC(=O)c2ccc([N+](=O)[O-])cc2)c(OC)c2c(c1OC)OCO2. The number of hydrogen-bond acceptors (Lipinski definition) is 8. The van der Waals surface area contributed by atoms with Crippen LogP contribution in [0.25, 0.3) is 0 Å². The van der Waals surface area contributed by atoms with Gasteiger partial charge in [-0.2, -0.15) is 5.10 Å². The lowest BCUT2D eigenvalue weighted by molar-refractivity contribution is -0.384. The van der Waals surface area contributed by atoms with E-state index >= 15 is 0 Å². The first-order valence-electron chi connectivity index (χ1n) is 9.16. The van der Waals surface area contributed by atoms with E-state index in [-0.39, 0.29) is 18.0 Å². The molecule has 0 radical (unpaired) electrons. The molecule has 2 aromatic carbocycles. The number of nitro groups is 1. The maximum absolute atomic E-state index is 12.3. The van der Waals surface area contributed by atoms with E-state index in [1.54, 1.807) is 7.11 Å². The van der Waals surface area contributed by atoms with E-state index in [9.17, 15) is 14.9 Å². The Kier molecular flexibility index (Phi) is 6.35. The molecule has 3 rings (SSSR count). The van der Waals surface area contributed by atoms with Gasteiger partial charge < -0.3 is 18.9 Å². The third-order valence-corrected chi connectivity index (χ3v) is 4.48. The Morgan fingerprint density at radius 2 is 1.83 bits per heavy atom. The number of ether oxygens (including phenoxy) is 4. The molecule has 1 N–H and O–H groups in total. The van der Waals surface area contributed by atoms with Gasteiger partial charge in [-0.25, -0.2) is 5.43 Å². The molecule has 0 bridgehead atoms. The zero-order valence-electron chi connectivity index (χ0n) is 16.8. The second kappa shape index (κ2) is 9.12. The predicted octanol–water partition coefficient (Wildman–Crippen LogP) is 3.06. The molecule has 10 nitrogen and oxygen atoms in total. The van der Waals surface area contributed by atoms with E-state index in [0.717, 1.165) is 12.0 Å². The van der Waals surface area contributed by atoms with Crippen LogP contribution in [0, 0.1) is 10.1 Å². The average Bonchev–Trinajstić information content (AvgIpc) is 3.23. The largest absolute Gasteiger partial charge is 0.492 e. The summed E-state index contributed by atoms with van der Waals surface area (Å²) in [5.74, 6) is 1.35. The van der Waals surface area contributed by atoms with Gasteiger partial charge in [0.1, 0.15) is 0 Å². The molecule has 0 fully saturated rings. The van der Waals surface area contributed by atoms with Crippen molar-refractivity contribution in [2.24, 2.45) is 5.10 Å². The highest BCUT2D eigenvalue weighted by molar-refractivity contribution is 5.96. The first kappa shape index (κ1) is 20.9. The van der Waals surface area contributed by atoms with Crippen LogP contribution in [-0.2, 0) is 6.42 Å². The van der Waals surface area contributed by atoms with Gasteiger partial charge in [-0.15, -0.1) is 0 Å². The molecule has 0 saturated heterocycles. The summed E-state index contributed by atoms with van der Waals surface area (Å²) in [7, 11) is 3.05. The normalized spacial score (nSPS) is 12.1. The summed E-state index contributed by atoms with van der Waals surface area (Å²) in [5, 5.41) is 14.8. The van der Waals surface area contributed by atoms with Crippen LogP contribution in [0.2, 0.25) is 0 Å². The molecule has 158 valence electrons. The topological polar surface area (TPSA) is 122 Å². The fourth-order valence-corrected chi connectivity index (χ4v) is 3.14. The van der Waals surface area contributed by atoms with Crippen molar-refractivity contribution in [1.82, 2.24) is 5.43 Å². The molecule has 0 aromatic heterocycles. The van der Waals surface area contributed by atoms with Crippen molar-refractivity contribution in [3.05, 3.63) is 51.1 Å². The quantitative estimate of drug-likeness (QED) is 0.399. The van der Waals surface area contributed by atoms with Gasteiger partial charge in [0.2, 0.25) is 18.3 Å². The molecule has 1 aliphatic heterocycles. The van der Waals surface area contributed by atoms with Crippen LogP contribution in [0.5, 0.6) is 23.0 Å². The maximum atomic E-state index is 12.3. The average molecular weight is 415 g/mol. The number of non-ortho nitro benzene ring substituents is 1. The summed E-state index contributed by atoms with van der Waals surface area (Å²) < 4.78 is 22.1. The van der Waals surface area contributed by atoms with Gasteiger partial charge in [0.25, 0.3) is 11.6 Å². The van der Waals surface area contributed by atoms with E-state index in [0.29, 0.717) is 35.0 Å². The smallest absolute Gasteiger partial charge is 0.271 e. The van der Waals surface area contributed by atoms with Gasteiger partial charge in [0.15, 0.2) is 11.5 Å². The van der Waals surface area contributed by atoms with Crippen molar-refractivity contribution in [3.63, 3.8) is 0 Å². The zero-order valence-corrected chi connectivity index (χ0v) is 16.8. The molecular weight excluding hydrogens is 394 g/mol. The number of benzene rings is 2. The molecule has 10 heteroatoms. The number of amides is 1. The van der Waals surface area contributed by atoms with Crippen LogP contribution < -0.4 is 24.4 Å². The van der Waals surface area contributed by atoms with Gasteiger partial charge in [0, 0.05) is 28.8 Å². The minimum Gasteiger partial charge on any atom is -0.492 e. The molecule has 0 unspecified atom stereocenters. The van der Waals surface area contributed by atoms with Crippen LogP contribution in [0.15, 0.2) is 29.4 Å². The van der Waals surface area contributed by atoms with Crippen molar-refractivity contribution in [3.8, 4) is 23.0 Å². The third-order valence-electron chi connectivity index (χ3n) is 4.48. The van der Waals surface area contributed by atoms with Crippen LogP contribution in [0.4, 0.5) is 5.69 Å². The molecule has 0 spiro atoms. The summed E-state index contributed by atoms with van der Waals surface area (Å²) in [5.41, 5.74) is 3.97. The highest BCUT2D eigenvalue weighted by atomic mass is 16.7.